The molecule has 0 bridgehead atoms. The second-order valence-electron chi connectivity index (χ2n) is 26.4. The Balaban J connectivity index is 1.22. The first kappa shape index (κ1) is 65.6. The topological polar surface area (TPSA) is 135 Å². The minimum Gasteiger partial charge on any atom is -0.466 e. The summed E-state index contributed by atoms with van der Waals surface area (Å²) in [5.41, 5.74) is 2.18. The SMILES string of the molecule is CC/C=C\CC1C(CC(=O)OCCC(OC(=O)CCCCC(COC(=O)CCCCC)COC(=O)CCCCC)C2CC[C@@]3(C)C(=CC[C@H]4C5CCC(CCCCC(C)C)[C@@]5(C)CCC43)C2)CCC1OC(=O)CCCN(C)C. The highest BCUT2D eigenvalue weighted by Crippen LogP contribution is 2.67. The van der Waals surface area contributed by atoms with Crippen molar-refractivity contribution < 1.29 is 47.7 Å². The van der Waals surface area contributed by atoms with Gasteiger partial charge in [-0.25, -0.2) is 0 Å². The largest absolute Gasteiger partial charge is 0.466 e. The Labute approximate surface area is 475 Å². The van der Waals surface area contributed by atoms with E-state index in [0.29, 0.717) is 56.3 Å². The van der Waals surface area contributed by atoms with E-state index in [1.54, 1.807) is 5.57 Å². The van der Waals surface area contributed by atoms with Crippen LogP contribution >= 0.6 is 0 Å². The Morgan fingerprint density at radius 2 is 1.36 bits per heavy atom. The molecule has 11 heteroatoms. The Hall–Kier alpha value is -3.21. The summed E-state index contributed by atoms with van der Waals surface area (Å²) in [7, 11) is 4.01. The highest BCUT2D eigenvalue weighted by Gasteiger charge is 2.58. The molecule has 5 rings (SSSR count). The first-order valence-electron chi connectivity index (χ1n) is 32.4. The maximum atomic E-state index is 14.0. The van der Waals surface area contributed by atoms with Gasteiger partial charge in [-0.2, -0.15) is 0 Å². The second-order valence-corrected chi connectivity index (χ2v) is 26.4. The van der Waals surface area contributed by atoms with Gasteiger partial charge in [0.25, 0.3) is 0 Å². The Kier molecular flexibility index (Phi) is 28.8. The van der Waals surface area contributed by atoms with Crippen LogP contribution in [0.5, 0.6) is 0 Å². The normalized spacial score (nSPS) is 28.0. The summed E-state index contributed by atoms with van der Waals surface area (Å²) in [6, 6.07) is 0. The number of unbranched alkanes of at least 4 members (excludes halogenated alkanes) is 6. The molecule has 0 spiro atoms. The van der Waals surface area contributed by atoms with E-state index in [0.717, 1.165) is 127 Å². The molecular formula is C67H113NO10. The van der Waals surface area contributed by atoms with E-state index in [1.807, 2.05) is 14.1 Å². The van der Waals surface area contributed by atoms with E-state index in [1.165, 1.54) is 51.4 Å². The van der Waals surface area contributed by atoms with Gasteiger partial charge in [0.15, 0.2) is 0 Å². The highest BCUT2D eigenvalue weighted by atomic mass is 16.6. The Morgan fingerprint density at radius 3 is 2.04 bits per heavy atom. The van der Waals surface area contributed by atoms with Crippen molar-refractivity contribution in [3.8, 4) is 0 Å². The van der Waals surface area contributed by atoms with Gasteiger partial charge >= 0.3 is 29.8 Å². The minimum atomic E-state index is -0.379. The number of allylic oxidation sites excluding steroid dienone is 4. The fraction of sp³-hybridized carbons (Fsp3) is 0.866. The lowest BCUT2D eigenvalue weighted by atomic mass is 9.46. The van der Waals surface area contributed by atoms with E-state index in [-0.39, 0.29) is 104 Å². The van der Waals surface area contributed by atoms with Gasteiger partial charge in [-0.05, 0) is 188 Å². The standard InChI is InChI=1S/C67H113NO10/c1-10-13-16-27-55-51(32-37-60(55)78-64(72)31-23-43-68(8)9)46-65(73)74-44-40-59(77-63(71)30-22-20-25-50(47-75-61(69)28-17-14-11-2)48-76-62(70)29-18-15-12-3)52-38-41-67(7)54(45-52)33-35-56-57-36-34-53(26-21-19-24-49(4)5)66(57,6)42-39-58(56)67/h13,16,33,49-53,55-60H,10-12,14-15,17-32,34-48H2,1-9H3/b16-13-/t51?,52?,53?,55?,56-,57?,58?,59?,60?,66+,67-/m0/s1. The molecule has 0 aliphatic heterocycles. The number of fused-ring (bicyclic) bond motifs is 5. The van der Waals surface area contributed by atoms with E-state index >= 15 is 0 Å². The molecular weight excluding hydrogens is 979 g/mol. The number of esters is 5. The molecule has 11 atom stereocenters. The van der Waals surface area contributed by atoms with Gasteiger partial charge in [0, 0.05) is 50.4 Å². The van der Waals surface area contributed by atoms with E-state index in [4.69, 9.17) is 23.7 Å². The Morgan fingerprint density at radius 1 is 0.679 bits per heavy atom. The van der Waals surface area contributed by atoms with E-state index in [2.05, 4.69) is 71.6 Å². The Bertz CT molecular complexity index is 1850. The third-order valence-corrected chi connectivity index (χ3v) is 20.0. The van der Waals surface area contributed by atoms with Crippen molar-refractivity contribution in [1.29, 1.82) is 0 Å². The molecule has 8 unspecified atom stereocenters. The molecule has 446 valence electrons. The van der Waals surface area contributed by atoms with Crippen molar-refractivity contribution in [2.75, 3.05) is 40.5 Å². The lowest BCUT2D eigenvalue weighted by Crippen LogP contribution is -2.50. The summed E-state index contributed by atoms with van der Waals surface area (Å²) >= 11 is 0. The van der Waals surface area contributed by atoms with Crippen molar-refractivity contribution in [3.05, 3.63) is 23.8 Å². The van der Waals surface area contributed by atoms with Crippen molar-refractivity contribution in [1.82, 2.24) is 4.90 Å². The molecule has 5 aliphatic rings. The zero-order chi connectivity index (χ0) is 56.5. The molecule has 0 N–H and O–H groups in total. The number of rotatable bonds is 37. The van der Waals surface area contributed by atoms with E-state index in [9.17, 15) is 24.0 Å². The van der Waals surface area contributed by atoms with Crippen molar-refractivity contribution in [2.24, 2.45) is 64.1 Å². The van der Waals surface area contributed by atoms with Crippen LogP contribution in [0.1, 0.15) is 254 Å². The van der Waals surface area contributed by atoms with Crippen LogP contribution in [0.3, 0.4) is 0 Å². The number of carbonyl (C=O) groups excluding carboxylic acids is 5. The average Bonchev–Trinajstić information content (AvgIpc) is 3.94. The summed E-state index contributed by atoms with van der Waals surface area (Å²) in [6.07, 6.45) is 35.1. The van der Waals surface area contributed by atoms with Crippen LogP contribution in [0.15, 0.2) is 23.8 Å². The molecule has 4 saturated carbocycles. The van der Waals surface area contributed by atoms with Crippen LogP contribution in [-0.4, -0.2) is 87.4 Å². The molecule has 0 heterocycles. The summed E-state index contributed by atoms with van der Waals surface area (Å²) in [4.78, 5) is 67.8. The van der Waals surface area contributed by atoms with Gasteiger partial charge < -0.3 is 28.6 Å². The molecule has 0 saturated heterocycles. The number of ether oxygens (including phenoxy) is 5. The quantitative estimate of drug-likeness (QED) is 0.0255. The van der Waals surface area contributed by atoms with E-state index < -0.39 is 0 Å². The fourth-order valence-electron chi connectivity index (χ4n) is 15.3. The summed E-state index contributed by atoms with van der Waals surface area (Å²) in [5.74, 6) is 2.92. The number of nitrogens with zero attached hydrogens (tertiary/aromatic N) is 1. The van der Waals surface area contributed by atoms with Gasteiger partial charge in [0.2, 0.25) is 0 Å². The molecule has 5 aliphatic carbocycles. The predicted octanol–water partition coefficient (Wildman–Crippen LogP) is 15.7. The second kappa shape index (κ2) is 34.3. The van der Waals surface area contributed by atoms with Gasteiger partial charge in [0.05, 0.1) is 19.8 Å². The third-order valence-electron chi connectivity index (χ3n) is 20.0. The number of hydrogen-bond donors (Lipinski definition) is 0. The number of carbonyl (C=O) groups is 5. The third kappa shape index (κ3) is 20.6. The maximum absolute atomic E-state index is 14.0. The van der Waals surface area contributed by atoms with Crippen LogP contribution < -0.4 is 0 Å². The molecule has 0 aromatic heterocycles. The monoisotopic (exact) mass is 1090 g/mol. The molecule has 0 amide bonds. The van der Waals surface area contributed by atoms with Gasteiger partial charge in [-0.3, -0.25) is 24.0 Å². The molecule has 0 radical (unpaired) electrons. The van der Waals surface area contributed by atoms with Crippen LogP contribution in [0.4, 0.5) is 0 Å². The highest BCUT2D eigenvalue weighted by molar-refractivity contribution is 5.71. The van der Waals surface area contributed by atoms with Gasteiger partial charge in [0.1, 0.15) is 12.2 Å². The average molecular weight is 1090 g/mol. The van der Waals surface area contributed by atoms with Gasteiger partial charge in [-0.1, -0.05) is 124 Å². The molecule has 78 heavy (non-hydrogen) atoms. The van der Waals surface area contributed by atoms with Crippen LogP contribution in [-0.2, 0) is 47.7 Å². The molecule has 4 fully saturated rings. The fourth-order valence-corrected chi connectivity index (χ4v) is 15.3. The van der Waals surface area contributed by atoms with Crippen molar-refractivity contribution >= 4 is 29.8 Å². The molecule has 0 aromatic carbocycles. The predicted molar refractivity (Wildman–Crippen MR) is 312 cm³/mol. The summed E-state index contributed by atoms with van der Waals surface area (Å²) in [5, 5.41) is 0. The van der Waals surface area contributed by atoms with Crippen LogP contribution in [0.25, 0.3) is 0 Å². The number of hydrogen-bond acceptors (Lipinski definition) is 11. The maximum Gasteiger partial charge on any atom is 0.306 e. The molecule has 0 aromatic rings. The summed E-state index contributed by atoms with van der Waals surface area (Å²) in [6.45, 7) is 17.6. The van der Waals surface area contributed by atoms with Crippen LogP contribution in [0, 0.1) is 64.1 Å². The van der Waals surface area contributed by atoms with Gasteiger partial charge in [-0.15, -0.1) is 0 Å². The van der Waals surface area contributed by atoms with Crippen LogP contribution in [0.2, 0.25) is 0 Å². The summed E-state index contributed by atoms with van der Waals surface area (Å²) < 4.78 is 30.0. The first-order chi connectivity index (χ1) is 37.5. The smallest absolute Gasteiger partial charge is 0.306 e. The lowest BCUT2D eigenvalue weighted by Gasteiger charge is -2.58. The zero-order valence-electron chi connectivity index (χ0n) is 51.1. The lowest BCUT2D eigenvalue weighted by molar-refractivity contribution is -0.156. The zero-order valence-corrected chi connectivity index (χ0v) is 51.1. The minimum absolute atomic E-state index is 0.0584. The van der Waals surface area contributed by atoms with Crippen molar-refractivity contribution in [3.63, 3.8) is 0 Å². The van der Waals surface area contributed by atoms with Crippen molar-refractivity contribution in [2.45, 2.75) is 266 Å². The molecule has 11 nitrogen and oxygen atoms in total. The first-order valence-corrected chi connectivity index (χ1v) is 32.4.